The Kier molecular flexibility index (Phi) is 2.92. The summed E-state index contributed by atoms with van der Waals surface area (Å²) >= 11 is 0. The fraction of sp³-hybridized carbons (Fsp3) is 0.333. The maximum atomic E-state index is 8.82. The minimum Gasteiger partial charge on any atom is -0.495 e. The Balaban J connectivity index is 2.44. The quantitative estimate of drug-likeness (QED) is 0.802. The van der Waals surface area contributed by atoms with Crippen molar-refractivity contribution in [1.29, 1.82) is 0 Å². The van der Waals surface area contributed by atoms with Crippen LogP contribution in [0.2, 0.25) is 0 Å². The fourth-order valence-electron chi connectivity index (χ4n) is 1.85. The second-order valence-electron chi connectivity index (χ2n) is 3.52. The third-order valence-electron chi connectivity index (χ3n) is 2.60. The van der Waals surface area contributed by atoms with Gasteiger partial charge < -0.3 is 14.8 Å². The molecule has 3 heteroatoms. The average molecular weight is 205 g/mol. The van der Waals surface area contributed by atoms with Crippen molar-refractivity contribution in [3.8, 4) is 5.75 Å². The smallest absolute Gasteiger partial charge is 0.142 e. The van der Waals surface area contributed by atoms with E-state index < -0.39 is 0 Å². The molecule has 0 aliphatic rings. The number of rotatable bonds is 4. The number of hydrogen-bond acceptors (Lipinski definition) is 2. The standard InChI is InChI=1S/C12H15NO2/c1-15-11-5-4-9(3-2-8-14)10-6-7-13-12(10)11/h4-7,13-14H,2-3,8H2,1H3. The van der Waals surface area contributed by atoms with Crippen LogP contribution in [0.3, 0.4) is 0 Å². The number of aromatic amines is 1. The van der Waals surface area contributed by atoms with Gasteiger partial charge in [0.05, 0.1) is 12.6 Å². The number of hydrogen-bond donors (Lipinski definition) is 2. The van der Waals surface area contributed by atoms with Crippen molar-refractivity contribution in [1.82, 2.24) is 4.98 Å². The molecule has 1 heterocycles. The van der Waals surface area contributed by atoms with Crippen molar-refractivity contribution in [2.75, 3.05) is 13.7 Å². The number of aryl methyl sites for hydroxylation is 1. The first-order valence-corrected chi connectivity index (χ1v) is 5.10. The first-order valence-electron chi connectivity index (χ1n) is 5.10. The zero-order valence-corrected chi connectivity index (χ0v) is 8.79. The normalized spacial score (nSPS) is 10.8. The molecule has 0 amide bonds. The van der Waals surface area contributed by atoms with Crippen LogP contribution >= 0.6 is 0 Å². The Morgan fingerprint density at radius 3 is 2.93 bits per heavy atom. The SMILES string of the molecule is COc1ccc(CCCO)c2cc[nH]c12. The lowest BCUT2D eigenvalue weighted by molar-refractivity contribution is 0.289. The highest BCUT2D eigenvalue weighted by molar-refractivity contribution is 5.88. The number of aromatic nitrogens is 1. The van der Waals surface area contributed by atoms with Crippen LogP contribution < -0.4 is 4.74 Å². The molecule has 0 bridgehead atoms. The Labute approximate surface area is 88.7 Å². The van der Waals surface area contributed by atoms with E-state index in [1.54, 1.807) is 7.11 Å². The molecular weight excluding hydrogens is 190 g/mol. The van der Waals surface area contributed by atoms with Gasteiger partial charge in [0, 0.05) is 18.2 Å². The predicted molar refractivity (Wildman–Crippen MR) is 60.3 cm³/mol. The molecule has 2 aromatic rings. The number of benzene rings is 1. The van der Waals surface area contributed by atoms with Crippen LogP contribution in [0.15, 0.2) is 24.4 Å². The lowest BCUT2D eigenvalue weighted by atomic mass is 10.1. The van der Waals surface area contributed by atoms with Gasteiger partial charge in [-0.3, -0.25) is 0 Å². The maximum absolute atomic E-state index is 8.82. The molecule has 1 aromatic heterocycles. The zero-order valence-electron chi connectivity index (χ0n) is 8.79. The molecule has 2 rings (SSSR count). The number of fused-ring (bicyclic) bond motifs is 1. The second kappa shape index (κ2) is 4.36. The molecule has 0 atom stereocenters. The van der Waals surface area contributed by atoms with Crippen molar-refractivity contribution in [2.24, 2.45) is 0 Å². The largest absolute Gasteiger partial charge is 0.495 e. The van der Waals surface area contributed by atoms with E-state index in [1.165, 1.54) is 10.9 Å². The first-order chi connectivity index (χ1) is 7.36. The van der Waals surface area contributed by atoms with Gasteiger partial charge in [-0.25, -0.2) is 0 Å². The molecule has 0 spiro atoms. The lowest BCUT2D eigenvalue weighted by Gasteiger charge is -2.06. The van der Waals surface area contributed by atoms with Crippen LogP contribution in [0.1, 0.15) is 12.0 Å². The summed E-state index contributed by atoms with van der Waals surface area (Å²) in [6, 6.07) is 6.07. The van der Waals surface area contributed by atoms with Crippen LogP contribution in [0.4, 0.5) is 0 Å². The molecular formula is C12H15NO2. The molecule has 0 unspecified atom stereocenters. The molecule has 1 aromatic carbocycles. The number of aliphatic hydroxyl groups excluding tert-OH is 1. The van der Waals surface area contributed by atoms with E-state index in [4.69, 9.17) is 9.84 Å². The van der Waals surface area contributed by atoms with Gasteiger partial charge in [-0.15, -0.1) is 0 Å². The third-order valence-corrected chi connectivity index (χ3v) is 2.60. The highest BCUT2D eigenvalue weighted by atomic mass is 16.5. The average Bonchev–Trinajstić information content (AvgIpc) is 2.74. The van der Waals surface area contributed by atoms with Crippen LogP contribution in [-0.4, -0.2) is 23.8 Å². The molecule has 0 fully saturated rings. The molecule has 3 nitrogen and oxygen atoms in total. The summed E-state index contributed by atoms with van der Waals surface area (Å²) in [5, 5.41) is 10.0. The van der Waals surface area contributed by atoms with Gasteiger partial charge in [0.2, 0.25) is 0 Å². The lowest BCUT2D eigenvalue weighted by Crippen LogP contribution is -1.92. The minimum atomic E-state index is 0.234. The molecule has 0 aliphatic heterocycles. The predicted octanol–water partition coefficient (Wildman–Crippen LogP) is 2.10. The maximum Gasteiger partial charge on any atom is 0.142 e. The van der Waals surface area contributed by atoms with Crippen molar-refractivity contribution < 1.29 is 9.84 Å². The van der Waals surface area contributed by atoms with Crippen LogP contribution in [0, 0.1) is 0 Å². The molecule has 0 radical (unpaired) electrons. The van der Waals surface area contributed by atoms with Gasteiger partial charge in [0.1, 0.15) is 5.75 Å². The fourth-order valence-corrected chi connectivity index (χ4v) is 1.85. The Bertz CT molecular complexity index is 448. The van der Waals surface area contributed by atoms with E-state index in [2.05, 4.69) is 11.1 Å². The molecule has 2 N–H and O–H groups in total. The molecule has 0 saturated carbocycles. The van der Waals surface area contributed by atoms with E-state index in [0.717, 1.165) is 24.1 Å². The van der Waals surface area contributed by atoms with Crippen LogP contribution in [-0.2, 0) is 6.42 Å². The minimum absolute atomic E-state index is 0.234. The summed E-state index contributed by atoms with van der Waals surface area (Å²) < 4.78 is 5.26. The van der Waals surface area contributed by atoms with Gasteiger partial charge in [-0.2, -0.15) is 0 Å². The van der Waals surface area contributed by atoms with Gasteiger partial charge in [-0.1, -0.05) is 6.07 Å². The van der Waals surface area contributed by atoms with Crippen molar-refractivity contribution in [3.05, 3.63) is 30.0 Å². The highest BCUT2D eigenvalue weighted by Gasteiger charge is 2.06. The number of ether oxygens (including phenoxy) is 1. The topological polar surface area (TPSA) is 45.2 Å². The van der Waals surface area contributed by atoms with Gasteiger partial charge in [0.15, 0.2) is 0 Å². The third kappa shape index (κ3) is 1.83. The number of methoxy groups -OCH3 is 1. The summed E-state index contributed by atoms with van der Waals surface area (Å²) in [7, 11) is 1.67. The summed E-state index contributed by atoms with van der Waals surface area (Å²) in [5.74, 6) is 0.864. The number of H-pyrrole nitrogens is 1. The van der Waals surface area contributed by atoms with E-state index in [-0.39, 0.29) is 6.61 Å². The van der Waals surface area contributed by atoms with Crippen molar-refractivity contribution in [2.45, 2.75) is 12.8 Å². The van der Waals surface area contributed by atoms with Crippen molar-refractivity contribution >= 4 is 10.9 Å². The van der Waals surface area contributed by atoms with Crippen LogP contribution in [0.5, 0.6) is 5.75 Å². The van der Waals surface area contributed by atoms with Gasteiger partial charge >= 0.3 is 0 Å². The summed E-state index contributed by atoms with van der Waals surface area (Å²) in [6.07, 6.45) is 3.61. The monoisotopic (exact) mass is 205 g/mol. The Morgan fingerprint density at radius 2 is 2.20 bits per heavy atom. The Morgan fingerprint density at radius 1 is 1.33 bits per heavy atom. The zero-order chi connectivity index (χ0) is 10.7. The van der Waals surface area contributed by atoms with Gasteiger partial charge in [0.25, 0.3) is 0 Å². The Hall–Kier alpha value is -1.48. The second-order valence-corrected chi connectivity index (χ2v) is 3.52. The van der Waals surface area contributed by atoms with E-state index >= 15 is 0 Å². The number of nitrogens with one attached hydrogen (secondary N) is 1. The number of aliphatic hydroxyl groups is 1. The highest BCUT2D eigenvalue weighted by Crippen LogP contribution is 2.27. The van der Waals surface area contributed by atoms with Crippen molar-refractivity contribution in [3.63, 3.8) is 0 Å². The molecule has 0 aliphatic carbocycles. The summed E-state index contributed by atoms with van der Waals surface area (Å²) in [4.78, 5) is 3.17. The molecule has 80 valence electrons. The first kappa shape index (κ1) is 10.1. The van der Waals surface area contributed by atoms with E-state index in [1.807, 2.05) is 18.3 Å². The van der Waals surface area contributed by atoms with E-state index in [9.17, 15) is 0 Å². The molecule has 0 saturated heterocycles. The molecule has 15 heavy (non-hydrogen) atoms. The van der Waals surface area contributed by atoms with Crippen LogP contribution in [0.25, 0.3) is 10.9 Å². The van der Waals surface area contributed by atoms with Gasteiger partial charge in [-0.05, 0) is 30.5 Å². The van der Waals surface area contributed by atoms with E-state index in [0.29, 0.717) is 0 Å². The summed E-state index contributed by atoms with van der Waals surface area (Å²) in [6.45, 7) is 0.234. The summed E-state index contributed by atoms with van der Waals surface area (Å²) in [5.41, 5.74) is 2.29.